The molecule has 0 radical (unpaired) electrons. The normalized spacial score (nSPS) is 10.8. The Morgan fingerprint density at radius 2 is 2.07 bits per heavy atom. The third-order valence-electron chi connectivity index (χ3n) is 1.54. The molecule has 1 aromatic rings. The maximum absolute atomic E-state index is 12.7. The monoisotopic (exact) mass is 216 g/mol. The molecule has 0 fully saturated rings. The predicted octanol–water partition coefficient (Wildman–Crippen LogP) is 2.79. The largest absolute Gasteiger partial charge is 0.294 e. The van der Waals surface area contributed by atoms with Crippen molar-refractivity contribution in [3.63, 3.8) is 0 Å². The van der Waals surface area contributed by atoms with Gasteiger partial charge in [0.1, 0.15) is 0 Å². The Bertz CT molecular complexity index is 374. The molecule has 0 saturated heterocycles. The SMILES string of the molecule is O=C(C=Cc1ccc(F)c(F)c1)CCl. The third kappa shape index (κ3) is 2.92. The van der Waals surface area contributed by atoms with E-state index in [1.165, 1.54) is 18.2 Å². The number of carbonyl (C=O) groups is 1. The molecular weight excluding hydrogens is 210 g/mol. The summed E-state index contributed by atoms with van der Waals surface area (Å²) in [7, 11) is 0. The number of rotatable bonds is 3. The van der Waals surface area contributed by atoms with Crippen molar-refractivity contribution in [1.29, 1.82) is 0 Å². The number of benzene rings is 1. The molecule has 0 bridgehead atoms. The summed E-state index contributed by atoms with van der Waals surface area (Å²) >= 11 is 5.24. The highest BCUT2D eigenvalue weighted by molar-refractivity contribution is 6.29. The zero-order chi connectivity index (χ0) is 10.6. The van der Waals surface area contributed by atoms with Gasteiger partial charge < -0.3 is 0 Å². The predicted molar refractivity (Wildman–Crippen MR) is 51.1 cm³/mol. The van der Waals surface area contributed by atoms with E-state index in [1.54, 1.807) is 0 Å². The van der Waals surface area contributed by atoms with Gasteiger partial charge in [-0.1, -0.05) is 12.1 Å². The molecule has 0 aliphatic rings. The summed E-state index contributed by atoms with van der Waals surface area (Å²) < 4.78 is 25.1. The van der Waals surface area contributed by atoms with Crippen molar-refractivity contribution >= 4 is 23.5 Å². The number of ketones is 1. The summed E-state index contributed by atoms with van der Waals surface area (Å²) in [6.07, 6.45) is 2.60. The topological polar surface area (TPSA) is 17.1 Å². The van der Waals surface area contributed by atoms with Gasteiger partial charge >= 0.3 is 0 Å². The van der Waals surface area contributed by atoms with Crippen LogP contribution in [-0.2, 0) is 4.79 Å². The van der Waals surface area contributed by atoms with Gasteiger partial charge in [0, 0.05) is 0 Å². The van der Waals surface area contributed by atoms with E-state index < -0.39 is 11.6 Å². The minimum Gasteiger partial charge on any atom is -0.294 e. The number of carbonyl (C=O) groups excluding carboxylic acids is 1. The van der Waals surface area contributed by atoms with Crippen LogP contribution < -0.4 is 0 Å². The average Bonchev–Trinajstić information content (AvgIpc) is 2.19. The smallest absolute Gasteiger partial charge is 0.170 e. The summed E-state index contributed by atoms with van der Waals surface area (Å²) in [5.41, 5.74) is 0.419. The Kier molecular flexibility index (Phi) is 3.77. The van der Waals surface area contributed by atoms with Gasteiger partial charge in [0.2, 0.25) is 0 Å². The lowest BCUT2D eigenvalue weighted by atomic mass is 10.2. The minimum atomic E-state index is -0.939. The van der Waals surface area contributed by atoms with Gasteiger partial charge in [0.05, 0.1) is 5.88 Å². The first kappa shape index (κ1) is 10.9. The van der Waals surface area contributed by atoms with E-state index in [0.717, 1.165) is 12.1 Å². The van der Waals surface area contributed by atoms with E-state index in [-0.39, 0.29) is 11.7 Å². The summed E-state index contributed by atoms with van der Waals surface area (Å²) in [5, 5.41) is 0. The maximum Gasteiger partial charge on any atom is 0.170 e. The van der Waals surface area contributed by atoms with Gasteiger partial charge in [-0.05, 0) is 23.8 Å². The van der Waals surface area contributed by atoms with Crippen LogP contribution in [-0.4, -0.2) is 11.7 Å². The van der Waals surface area contributed by atoms with Crippen molar-refractivity contribution in [3.05, 3.63) is 41.5 Å². The van der Waals surface area contributed by atoms with E-state index in [0.29, 0.717) is 5.56 Å². The van der Waals surface area contributed by atoms with E-state index in [4.69, 9.17) is 11.6 Å². The van der Waals surface area contributed by atoms with Crippen LogP contribution >= 0.6 is 11.6 Å². The van der Waals surface area contributed by atoms with Crippen LogP contribution in [0.5, 0.6) is 0 Å². The molecule has 1 rings (SSSR count). The quantitative estimate of drug-likeness (QED) is 0.561. The van der Waals surface area contributed by atoms with Gasteiger partial charge in [-0.15, -0.1) is 11.6 Å². The average molecular weight is 217 g/mol. The van der Waals surface area contributed by atoms with Gasteiger partial charge in [-0.3, -0.25) is 4.79 Å². The molecule has 0 heterocycles. The fourth-order valence-electron chi connectivity index (χ4n) is 0.850. The summed E-state index contributed by atoms with van der Waals surface area (Å²) in [6.45, 7) is 0. The number of hydrogen-bond acceptors (Lipinski definition) is 1. The zero-order valence-electron chi connectivity index (χ0n) is 7.14. The molecule has 1 aromatic carbocycles. The Balaban J connectivity index is 2.83. The lowest BCUT2D eigenvalue weighted by Crippen LogP contribution is -1.92. The number of halogens is 3. The molecule has 4 heteroatoms. The lowest BCUT2D eigenvalue weighted by Gasteiger charge is -1.94. The van der Waals surface area contributed by atoms with E-state index >= 15 is 0 Å². The van der Waals surface area contributed by atoms with Crippen LogP contribution in [0.4, 0.5) is 8.78 Å². The third-order valence-corrected chi connectivity index (χ3v) is 1.80. The van der Waals surface area contributed by atoms with Crippen molar-refractivity contribution in [2.45, 2.75) is 0 Å². The van der Waals surface area contributed by atoms with Crippen LogP contribution in [0.3, 0.4) is 0 Å². The molecule has 0 aliphatic carbocycles. The maximum atomic E-state index is 12.7. The van der Waals surface area contributed by atoms with Crippen LogP contribution in [0.1, 0.15) is 5.56 Å². The molecule has 1 nitrogen and oxygen atoms in total. The van der Waals surface area contributed by atoms with Crippen molar-refractivity contribution in [2.75, 3.05) is 5.88 Å². The molecule has 0 N–H and O–H groups in total. The van der Waals surface area contributed by atoms with E-state index in [1.807, 2.05) is 0 Å². The molecule has 0 spiro atoms. The van der Waals surface area contributed by atoms with Crippen molar-refractivity contribution in [2.24, 2.45) is 0 Å². The van der Waals surface area contributed by atoms with Crippen LogP contribution in [0.2, 0.25) is 0 Å². The Morgan fingerprint density at radius 3 is 2.64 bits per heavy atom. The second-order valence-electron chi connectivity index (χ2n) is 2.61. The van der Waals surface area contributed by atoms with E-state index in [9.17, 15) is 13.6 Å². The fraction of sp³-hybridized carbons (Fsp3) is 0.100. The Hall–Kier alpha value is -1.22. The van der Waals surface area contributed by atoms with Gasteiger partial charge in [-0.2, -0.15) is 0 Å². The number of hydrogen-bond donors (Lipinski definition) is 0. The zero-order valence-corrected chi connectivity index (χ0v) is 7.89. The van der Waals surface area contributed by atoms with Crippen molar-refractivity contribution in [1.82, 2.24) is 0 Å². The first-order chi connectivity index (χ1) is 6.63. The second-order valence-corrected chi connectivity index (χ2v) is 2.87. The molecular formula is C10H7ClF2O. The molecule has 0 unspecified atom stereocenters. The Morgan fingerprint density at radius 1 is 1.36 bits per heavy atom. The molecule has 0 aliphatic heterocycles. The van der Waals surface area contributed by atoms with Crippen LogP contribution in [0.25, 0.3) is 6.08 Å². The van der Waals surface area contributed by atoms with Crippen molar-refractivity contribution in [3.8, 4) is 0 Å². The van der Waals surface area contributed by atoms with Crippen molar-refractivity contribution < 1.29 is 13.6 Å². The molecule has 0 amide bonds. The molecule has 74 valence electrons. The molecule has 0 aromatic heterocycles. The van der Waals surface area contributed by atoms with Gasteiger partial charge in [-0.25, -0.2) is 8.78 Å². The lowest BCUT2D eigenvalue weighted by molar-refractivity contribution is -0.112. The molecule has 0 atom stereocenters. The minimum absolute atomic E-state index is 0.125. The van der Waals surface area contributed by atoms with Gasteiger partial charge in [0.25, 0.3) is 0 Å². The Labute approximate surface area is 85.0 Å². The van der Waals surface area contributed by atoms with Gasteiger partial charge in [0.15, 0.2) is 17.4 Å². The second kappa shape index (κ2) is 4.86. The highest BCUT2D eigenvalue weighted by Crippen LogP contribution is 2.09. The summed E-state index contributed by atoms with van der Waals surface area (Å²) in [4.78, 5) is 10.8. The number of alkyl halides is 1. The first-order valence-corrected chi connectivity index (χ1v) is 4.39. The summed E-state index contributed by atoms with van der Waals surface area (Å²) in [5.74, 6) is -2.26. The summed E-state index contributed by atoms with van der Waals surface area (Å²) in [6, 6.07) is 3.38. The molecule has 14 heavy (non-hydrogen) atoms. The molecule has 0 saturated carbocycles. The van der Waals surface area contributed by atoms with Crippen LogP contribution in [0.15, 0.2) is 24.3 Å². The highest BCUT2D eigenvalue weighted by Gasteiger charge is 2.00. The van der Waals surface area contributed by atoms with Crippen LogP contribution in [0, 0.1) is 11.6 Å². The first-order valence-electron chi connectivity index (χ1n) is 3.85. The highest BCUT2D eigenvalue weighted by atomic mass is 35.5. The fourth-order valence-corrected chi connectivity index (χ4v) is 0.939. The van der Waals surface area contributed by atoms with E-state index in [2.05, 4.69) is 0 Å². The number of allylic oxidation sites excluding steroid dienone is 1. The standard InChI is InChI=1S/C10H7ClF2O/c11-6-8(14)3-1-7-2-4-9(12)10(13)5-7/h1-5H,6H2.